The fraction of sp³-hybridized carbons (Fsp3) is 0.296. The van der Waals surface area contributed by atoms with Crippen molar-refractivity contribution in [3.8, 4) is 0 Å². The maximum absolute atomic E-state index is 12.9. The topological polar surface area (TPSA) is 75.3 Å². The molecule has 0 unspecified atom stereocenters. The van der Waals surface area contributed by atoms with E-state index in [-0.39, 0.29) is 10.8 Å². The lowest BCUT2D eigenvalue weighted by atomic mass is 9.94. The number of anilines is 1. The van der Waals surface area contributed by atoms with Gasteiger partial charge in [0.15, 0.2) is 0 Å². The fourth-order valence-electron chi connectivity index (χ4n) is 4.06. The van der Waals surface area contributed by atoms with Gasteiger partial charge in [-0.25, -0.2) is 8.42 Å². The number of hydrogen-bond acceptors (Lipinski definition) is 3. The van der Waals surface area contributed by atoms with Crippen molar-refractivity contribution in [1.82, 2.24) is 5.32 Å². The normalized spacial score (nSPS) is 14.5. The number of benzene rings is 3. The van der Waals surface area contributed by atoms with E-state index in [1.54, 1.807) is 24.3 Å². The molecule has 2 N–H and O–H groups in total. The average molecular weight is 463 g/mol. The van der Waals surface area contributed by atoms with E-state index < -0.39 is 15.4 Å². The lowest BCUT2D eigenvalue weighted by Gasteiger charge is -2.17. The number of rotatable bonds is 10. The highest BCUT2D eigenvalue weighted by molar-refractivity contribution is 7.92. The molecule has 172 valence electrons. The first kappa shape index (κ1) is 23.1. The molecule has 0 atom stereocenters. The molecular weight excluding hydrogens is 432 g/mol. The van der Waals surface area contributed by atoms with E-state index >= 15 is 0 Å². The first-order chi connectivity index (χ1) is 15.9. The number of amides is 1. The summed E-state index contributed by atoms with van der Waals surface area (Å²) in [6, 6.07) is 24.3. The largest absolute Gasteiger partial charge is 0.355 e. The molecular formula is C27H30N2O3S. The maximum Gasteiger partial charge on any atom is 0.261 e. The Bertz CT molecular complexity index is 1180. The van der Waals surface area contributed by atoms with Crippen LogP contribution in [0.5, 0.6) is 0 Å². The molecule has 0 heterocycles. The molecule has 33 heavy (non-hydrogen) atoms. The van der Waals surface area contributed by atoms with Crippen LogP contribution in [0.1, 0.15) is 42.9 Å². The van der Waals surface area contributed by atoms with Crippen molar-refractivity contribution in [2.75, 3.05) is 11.3 Å². The molecule has 0 bridgehead atoms. The van der Waals surface area contributed by atoms with Gasteiger partial charge in [-0.2, -0.15) is 0 Å². The van der Waals surface area contributed by atoms with Gasteiger partial charge in [0.25, 0.3) is 10.0 Å². The van der Waals surface area contributed by atoms with Crippen molar-refractivity contribution in [2.24, 2.45) is 0 Å². The lowest BCUT2D eigenvalue weighted by Crippen LogP contribution is -2.35. The van der Waals surface area contributed by atoms with Crippen molar-refractivity contribution in [2.45, 2.75) is 49.3 Å². The second kappa shape index (κ2) is 9.79. The zero-order valence-corrected chi connectivity index (χ0v) is 19.7. The Kier molecular flexibility index (Phi) is 6.84. The molecule has 1 aliphatic rings. The van der Waals surface area contributed by atoms with Gasteiger partial charge in [-0.05, 0) is 73.1 Å². The molecule has 1 fully saturated rings. The molecule has 1 aliphatic carbocycles. The third kappa shape index (κ3) is 5.45. The van der Waals surface area contributed by atoms with Crippen LogP contribution in [0.4, 0.5) is 5.69 Å². The molecule has 0 radical (unpaired) electrons. The number of nitrogens with one attached hydrogen (secondary N) is 2. The molecule has 3 aromatic carbocycles. The smallest absolute Gasteiger partial charge is 0.261 e. The standard InChI is InChI=1S/C27H30N2O3S/c1-2-21-10-16-25(17-11-21)33(31,32)29-24-14-12-23(13-15-24)27(18-19-27)26(30)28-20-6-9-22-7-4-3-5-8-22/h3-5,7-8,10-17,29H,2,6,9,18-20H2,1H3,(H,28,30). The van der Waals surface area contributed by atoms with Gasteiger partial charge in [0.05, 0.1) is 10.3 Å². The lowest BCUT2D eigenvalue weighted by molar-refractivity contribution is -0.123. The number of carbonyl (C=O) groups excluding carboxylic acids is 1. The van der Waals surface area contributed by atoms with E-state index in [0.717, 1.165) is 43.2 Å². The summed E-state index contributed by atoms with van der Waals surface area (Å²) in [5.41, 5.74) is 3.29. The minimum Gasteiger partial charge on any atom is -0.355 e. The monoisotopic (exact) mass is 462 g/mol. The van der Waals surface area contributed by atoms with Crippen molar-refractivity contribution in [1.29, 1.82) is 0 Å². The minimum atomic E-state index is -3.65. The Labute approximate surface area is 196 Å². The summed E-state index contributed by atoms with van der Waals surface area (Å²) < 4.78 is 28.0. The molecule has 3 aromatic rings. The fourth-order valence-corrected chi connectivity index (χ4v) is 5.11. The average Bonchev–Trinajstić information content (AvgIpc) is 3.65. The molecule has 1 amide bonds. The highest BCUT2D eigenvalue weighted by atomic mass is 32.2. The van der Waals surface area contributed by atoms with Gasteiger partial charge in [-0.3, -0.25) is 9.52 Å². The second-order valence-electron chi connectivity index (χ2n) is 8.61. The van der Waals surface area contributed by atoms with E-state index in [0.29, 0.717) is 12.2 Å². The maximum atomic E-state index is 12.9. The zero-order chi connectivity index (χ0) is 23.3. The molecule has 0 spiro atoms. The number of sulfonamides is 1. The van der Waals surface area contributed by atoms with E-state index in [1.165, 1.54) is 5.56 Å². The van der Waals surface area contributed by atoms with Gasteiger partial charge in [0, 0.05) is 12.2 Å². The highest BCUT2D eigenvalue weighted by Crippen LogP contribution is 2.48. The van der Waals surface area contributed by atoms with Crippen LogP contribution in [0, 0.1) is 0 Å². The molecule has 4 rings (SSSR count). The molecule has 0 aromatic heterocycles. The number of aryl methyl sites for hydroxylation is 2. The van der Waals surface area contributed by atoms with Gasteiger partial charge >= 0.3 is 0 Å². The Morgan fingerprint density at radius 2 is 1.55 bits per heavy atom. The van der Waals surface area contributed by atoms with Crippen LogP contribution in [0.15, 0.2) is 83.8 Å². The van der Waals surface area contributed by atoms with Crippen LogP contribution in [-0.4, -0.2) is 20.9 Å². The van der Waals surface area contributed by atoms with Gasteiger partial charge < -0.3 is 5.32 Å². The van der Waals surface area contributed by atoms with E-state index in [2.05, 4.69) is 22.2 Å². The molecule has 1 saturated carbocycles. The third-order valence-corrected chi connectivity index (χ3v) is 7.68. The van der Waals surface area contributed by atoms with Crippen LogP contribution in [0.25, 0.3) is 0 Å². The van der Waals surface area contributed by atoms with Crippen LogP contribution in [0.3, 0.4) is 0 Å². The SMILES string of the molecule is CCc1ccc(S(=O)(=O)Nc2ccc(C3(C(=O)NCCCc4ccccc4)CC3)cc2)cc1. The Hall–Kier alpha value is -3.12. The summed E-state index contributed by atoms with van der Waals surface area (Å²) in [4.78, 5) is 13.1. The summed E-state index contributed by atoms with van der Waals surface area (Å²) in [6.45, 7) is 2.67. The predicted molar refractivity (Wildman–Crippen MR) is 132 cm³/mol. The Morgan fingerprint density at radius 1 is 0.879 bits per heavy atom. The van der Waals surface area contributed by atoms with E-state index in [1.807, 2.05) is 49.4 Å². The summed E-state index contributed by atoms with van der Waals surface area (Å²) in [6.07, 6.45) is 4.31. The summed E-state index contributed by atoms with van der Waals surface area (Å²) in [7, 11) is -3.65. The quantitative estimate of drug-likeness (QED) is 0.424. The van der Waals surface area contributed by atoms with Crippen molar-refractivity contribution in [3.05, 3.63) is 95.6 Å². The molecule has 0 aliphatic heterocycles. The Balaban J connectivity index is 1.34. The predicted octanol–water partition coefficient (Wildman–Crippen LogP) is 4.83. The van der Waals surface area contributed by atoms with Gasteiger partial charge in [0.1, 0.15) is 0 Å². The number of carbonyl (C=O) groups is 1. The zero-order valence-electron chi connectivity index (χ0n) is 18.9. The first-order valence-corrected chi connectivity index (χ1v) is 13.0. The van der Waals surface area contributed by atoms with E-state index in [9.17, 15) is 13.2 Å². The third-order valence-electron chi connectivity index (χ3n) is 6.29. The Morgan fingerprint density at radius 3 is 2.15 bits per heavy atom. The van der Waals surface area contributed by atoms with Crippen molar-refractivity contribution >= 4 is 21.6 Å². The van der Waals surface area contributed by atoms with Gasteiger partial charge in [-0.1, -0.05) is 61.5 Å². The summed E-state index contributed by atoms with van der Waals surface area (Å²) in [5, 5.41) is 3.09. The van der Waals surface area contributed by atoms with Crippen LogP contribution in [-0.2, 0) is 33.1 Å². The summed E-state index contributed by atoms with van der Waals surface area (Å²) >= 11 is 0. The van der Waals surface area contributed by atoms with Crippen LogP contribution in [0.2, 0.25) is 0 Å². The van der Waals surface area contributed by atoms with Crippen molar-refractivity contribution < 1.29 is 13.2 Å². The highest BCUT2D eigenvalue weighted by Gasteiger charge is 2.51. The first-order valence-electron chi connectivity index (χ1n) is 11.5. The van der Waals surface area contributed by atoms with Crippen LogP contribution < -0.4 is 10.0 Å². The molecule has 5 nitrogen and oxygen atoms in total. The molecule has 0 saturated heterocycles. The number of hydrogen-bond donors (Lipinski definition) is 2. The second-order valence-corrected chi connectivity index (χ2v) is 10.3. The van der Waals surface area contributed by atoms with E-state index in [4.69, 9.17) is 0 Å². The molecule has 6 heteroatoms. The van der Waals surface area contributed by atoms with Gasteiger partial charge in [-0.15, -0.1) is 0 Å². The minimum absolute atomic E-state index is 0.0555. The van der Waals surface area contributed by atoms with Crippen LogP contribution >= 0.6 is 0 Å². The summed E-state index contributed by atoms with van der Waals surface area (Å²) in [5.74, 6) is 0.0555. The van der Waals surface area contributed by atoms with Crippen molar-refractivity contribution in [3.63, 3.8) is 0 Å². The van der Waals surface area contributed by atoms with Gasteiger partial charge in [0.2, 0.25) is 5.91 Å².